The van der Waals surface area contributed by atoms with Gasteiger partial charge in [-0.15, -0.1) is 0 Å². The third-order valence-electron chi connectivity index (χ3n) is 7.98. The van der Waals surface area contributed by atoms with Crippen molar-refractivity contribution in [3.8, 4) is 45.4 Å². The van der Waals surface area contributed by atoms with Crippen LogP contribution >= 0.6 is 0 Å². The van der Waals surface area contributed by atoms with Crippen molar-refractivity contribution in [3.63, 3.8) is 0 Å². The molecule has 0 bridgehead atoms. The third-order valence-corrected chi connectivity index (χ3v) is 7.98. The molecule has 1 aliphatic rings. The first-order chi connectivity index (χ1) is 19.6. The van der Waals surface area contributed by atoms with Crippen LogP contribution in [0, 0.1) is 0 Å². The molecule has 0 saturated heterocycles. The van der Waals surface area contributed by atoms with Gasteiger partial charge in [0.25, 0.3) is 0 Å². The number of hydrogen-bond acceptors (Lipinski definition) is 5. The summed E-state index contributed by atoms with van der Waals surface area (Å²) < 4.78 is 6.27. The largest absolute Gasteiger partial charge is 0.456 e. The Kier molecular flexibility index (Phi) is 4.80. The lowest BCUT2D eigenvalue weighted by molar-refractivity contribution is 0.657. The Hall–Kier alpha value is -5.16. The first-order valence-corrected chi connectivity index (χ1v) is 13.4. The average Bonchev–Trinajstić information content (AvgIpc) is 3.50. The van der Waals surface area contributed by atoms with Gasteiger partial charge < -0.3 is 4.42 Å². The SMILES string of the molecule is CC1(C)c2ccc3oc4ccccc4c3c2-c2cccc(-c3nc(-c4ccccc4)nc(-c4ccccn4)n3)c21. The lowest BCUT2D eigenvalue weighted by Crippen LogP contribution is -2.17. The minimum atomic E-state index is -0.279. The Morgan fingerprint density at radius 3 is 2.20 bits per heavy atom. The van der Waals surface area contributed by atoms with Crippen LogP contribution in [0.2, 0.25) is 0 Å². The molecular formula is C35H24N4O. The number of rotatable bonds is 3. The van der Waals surface area contributed by atoms with Gasteiger partial charge >= 0.3 is 0 Å². The molecule has 3 aromatic heterocycles. The summed E-state index contributed by atoms with van der Waals surface area (Å²) in [5.41, 5.74) is 9.07. The normalized spacial score (nSPS) is 13.4. The van der Waals surface area contributed by atoms with E-state index in [2.05, 4.69) is 61.3 Å². The van der Waals surface area contributed by atoms with Crippen LogP contribution < -0.4 is 0 Å². The summed E-state index contributed by atoms with van der Waals surface area (Å²) in [4.78, 5) is 19.4. The summed E-state index contributed by atoms with van der Waals surface area (Å²) in [5.74, 6) is 1.82. The molecule has 0 fully saturated rings. The molecule has 40 heavy (non-hydrogen) atoms. The maximum atomic E-state index is 6.27. The fraction of sp³-hybridized carbons (Fsp3) is 0.0857. The standard InChI is InChI=1S/C35H24N4O/c1-35(2)25-18-19-28-30(22-13-6-7-17-27(22)40-28)29(25)23-14-10-15-24(31(23)35)33-37-32(21-11-4-3-5-12-21)38-34(39-33)26-16-8-9-20-36-26/h3-20H,1-2H3. The van der Waals surface area contributed by atoms with E-state index in [-0.39, 0.29) is 5.41 Å². The van der Waals surface area contributed by atoms with Crippen LogP contribution in [0.5, 0.6) is 0 Å². The summed E-state index contributed by atoms with van der Waals surface area (Å²) in [6.07, 6.45) is 1.77. The van der Waals surface area contributed by atoms with E-state index in [0.29, 0.717) is 23.2 Å². The van der Waals surface area contributed by atoms with Crippen molar-refractivity contribution in [2.45, 2.75) is 19.3 Å². The molecule has 190 valence electrons. The lowest BCUT2D eigenvalue weighted by atomic mass is 9.80. The van der Waals surface area contributed by atoms with E-state index in [1.165, 1.54) is 22.3 Å². The van der Waals surface area contributed by atoms with Gasteiger partial charge in [0.15, 0.2) is 17.5 Å². The van der Waals surface area contributed by atoms with Gasteiger partial charge in [0.05, 0.1) is 0 Å². The summed E-state index contributed by atoms with van der Waals surface area (Å²) >= 11 is 0. The molecule has 7 aromatic rings. The van der Waals surface area contributed by atoms with Crippen molar-refractivity contribution >= 4 is 21.9 Å². The van der Waals surface area contributed by atoms with E-state index in [1.54, 1.807) is 6.20 Å². The topological polar surface area (TPSA) is 64.7 Å². The smallest absolute Gasteiger partial charge is 0.182 e. The van der Waals surface area contributed by atoms with Crippen LogP contribution in [0.4, 0.5) is 0 Å². The summed E-state index contributed by atoms with van der Waals surface area (Å²) in [6, 6.07) is 34.9. The predicted octanol–water partition coefficient (Wildman–Crippen LogP) is 8.47. The molecule has 0 atom stereocenters. The summed E-state index contributed by atoms with van der Waals surface area (Å²) in [6.45, 7) is 4.57. The van der Waals surface area contributed by atoms with Gasteiger partial charge in [-0.3, -0.25) is 4.98 Å². The van der Waals surface area contributed by atoms with Gasteiger partial charge in [0.1, 0.15) is 16.9 Å². The minimum Gasteiger partial charge on any atom is -0.456 e. The highest BCUT2D eigenvalue weighted by Crippen LogP contribution is 2.55. The molecular weight excluding hydrogens is 492 g/mol. The molecule has 0 radical (unpaired) electrons. The van der Waals surface area contributed by atoms with E-state index < -0.39 is 0 Å². The number of pyridine rings is 1. The Balaban J connectivity index is 1.42. The number of para-hydroxylation sites is 1. The molecule has 8 rings (SSSR count). The van der Waals surface area contributed by atoms with Gasteiger partial charge in [-0.2, -0.15) is 0 Å². The van der Waals surface area contributed by atoms with Crippen LogP contribution in [0.25, 0.3) is 67.4 Å². The monoisotopic (exact) mass is 516 g/mol. The molecule has 0 saturated carbocycles. The van der Waals surface area contributed by atoms with Crippen molar-refractivity contribution in [3.05, 3.63) is 120 Å². The highest BCUT2D eigenvalue weighted by molar-refractivity contribution is 6.15. The second-order valence-electron chi connectivity index (χ2n) is 10.7. The van der Waals surface area contributed by atoms with Gasteiger partial charge in [-0.1, -0.05) is 92.7 Å². The molecule has 0 amide bonds. The number of hydrogen-bond donors (Lipinski definition) is 0. The Bertz CT molecular complexity index is 2020. The fourth-order valence-corrected chi connectivity index (χ4v) is 6.19. The Labute approximate surface area is 231 Å². The number of benzene rings is 4. The highest BCUT2D eigenvalue weighted by Gasteiger charge is 2.40. The summed E-state index contributed by atoms with van der Waals surface area (Å²) in [5, 5.41) is 2.29. The lowest BCUT2D eigenvalue weighted by Gasteiger charge is -2.24. The first-order valence-electron chi connectivity index (χ1n) is 13.4. The van der Waals surface area contributed by atoms with Crippen LogP contribution in [0.3, 0.4) is 0 Å². The van der Waals surface area contributed by atoms with Crippen molar-refractivity contribution in [1.29, 1.82) is 0 Å². The van der Waals surface area contributed by atoms with Gasteiger partial charge in [0, 0.05) is 33.5 Å². The van der Waals surface area contributed by atoms with E-state index in [0.717, 1.165) is 33.1 Å². The quantitative estimate of drug-likeness (QED) is 0.236. The van der Waals surface area contributed by atoms with E-state index in [4.69, 9.17) is 19.4 Å². The fourth-order valence-electron chi connectivity index (χ4n) is 6.19. The summed E-state index contributed by atoms with van der Waals surface area (Å²) in [7, 11) is 0. The van der Waals surface area contributed by atoms with Crippen LogP contribution in [0.1, 0.15) is 25.0 Å². The van der Waals surface area contributed by atoms with Gasteiger partial charge in [0.2, 0.25) is 0 Å². The molecule has 0 N–H and O–H groups in total. The average molecular weight is 517 g/mol. The molecule has 0 spiro atoms. The molecule has 0 aliphatic heterocycles. The minimum absolute atomic E-state index is 0.279. The molecule has 4 aromatic carbocycles. The zero-order chi connectivity index (χ0) is 26.8. The molecule has 5 nitrogen and oxygen atoms in total. The van der Waals surface area contributed by atoms with Crippen molar-refractivity contribution in [2.75, 3.05) is 0 Å². The van der Waals surface area contributed by atoms with Crippen molar-refractivity contribution in [1.82, 2.24) is 19.9 Å². The number of aromatic nitrogens is 4. The second-order valence-corrected chi connectivity index (χ2v) is 10.7. The highest BCUT2D eigenvalue weighted by atomic mass is 16.3. The van der Waals surface area contributed by atoms with Crippen LogP contribution in [-0.4, -0.2) is 19.9 Å². The van der Waals surface area contributed by atoms with Gasteiger partial charge in [-0.25, -0.2) is 15.0 Å². The zero-order valence-electron chi connectivity index (χ0n) is 22.1. The zero-order valence-corrected chi connectivity index (χ0v) is 22.1. The maximum Gasteiger partial charge on any atom is 0.182 e. The number of furan rings is 1. The number of fused-ring (bicyclic) bond motifs is 7. The second kappa shape index (κ2) is 8.42. The van der Waals surface area contributed by atoms with E-state index >= 15 is 0 Å². The van der Waals surface area contributed by atoms with Crippen molar-refractivity contribution in [2.24, 2.45) is 0 Å². The predicted molar refractivity (Wildman–Crippen MR) is 159 cm³/mol. The van der Waals surface area contributed by atoms with Crippen LogP contribution in [0.15, 0.2) is 114 Å². The molecule has 5 heteroatoms. The maximum absolute atomic E-state index is 6.27. The van der Waals surface area contributed by atoms with Crippen LogP contribution in [-0.2, 0) is 5.41 Å². The Morgan fingerprint density at radius 2 is 1.35 bits per heavy atom. The Morgan fingerprint density at radius 1 is 0.600 bits per heavy atom. The van der Waals surface area contributed by atoms with E-state index in [1.807, 2.05) is 60.7 Å². The van der Waals surface area contributed by atoms with E-state index in [9.17, 15) is 0 Å². The molecule has 3 heterocycles. The van der Waals surface area contributed by atoms with Gasteiger partial charge in [-0.05, 0) is 46.5 Å². The number of nitrogens with zero attached hydrogens (tertiary/aromatic N) is 4. The van der Waals surface area contributed by atoms with Crippen molar-refractivity contribution < 1.29 is 4.42 Å². The first kappa shape index (κ1) is 22.8. The third kappa shape index (κ3) is 3.27. The molecule has 1 aliphatic carbocycles. The molecule has 0 unspecified atom stereocenters.